The number of anilines is 1. The maximum Gasteiger partial charge on any atom is 0.265 e. The first-order chi connectivity index (χ1) is 15.5. The number of fused-ring (bicyclic) bond motifs is 1. The number of carbonyl (C=O) groups excluding carboxylic acids is 1. The van der Waals surface area contributed by atoms with Crippen LogP contribution in [0.25, 0.3) is 4.96 Å². The second-order valence-electron chi connectivity index (χ2n) is 7.25. The lowest BCUT2D eigenvalue weighted by Gasteiger charge is -2.19. The van der Waals surface area contributed by atoms with Crippen molar-refractivity contribution in [3.8, 4) is 11.5 Å². The van der Waals surface area contributed by atoms with Crippen LogP contribution < -0.4 is 20.3 Å². The normalized spacial score (nSPS) is 11.8. The largest absolute Gasteiger partial charge is 0.485 e. The Kier molecular flexibility index (Phi) is 6.51. The van der Waals surface area contributed by atoms with E-state index in [4.69, 9.17) is 9.47 Å². The summed E-state index contributed by atoms with van der Waals surface area (Å²) < 4.78 is 13.3. The van der Waals surface area contributed by atoms with Gasteiger partial charge in [0.25, 0.3) is 11.5 Å². The van der Waals surface area contributed by atoms with Crippen LogP contribution in [0.2, 0.25) is 0 Å². The third kappa shape index (κ3) is 4.97. The minimum atomic E-state index is -0.645. The first-order valence-corrected chi connectivity index (χ1v) is 11.1. The van der Waals surface area contributed by atoms with E-state index in [0.29, 0.717) is 34.3 Å². The molecule has 0 aliphatic carbocycles. The van der Waals surface area contributed by atoms with E-state index < -0.39 is 6.10 Å². The van der Waals surface area contributed by atoms with Gasteiger partial charge >= 0.3 is 0 Å². The molecule has 0 spiro atoms. The number of hydrogen-bond acceptors (Lipinski definition) is 6. The highest BCUT2D eigenvalue weighted by atomic mass is 32.1. The van der Waals surface area contributed by atoms with Gasteiger partial charge in [0.2, 0.25) is 0 Å². The molecule has 4 rings (SSSR count). The van der Waals surface area contributed by atoms with E-state index in [1.54, 1.807) is 12.3 Å². The van der Waals surface area contributed by atoms with E-state index in [1.807, 2.05) is 61.7 Å². The summed E-state index contributed by atoms with van der Waals surface area (Å²) in [4.78, 5) is 30.2. The summed E-state index contributed by atoms with van der Waals surface area (Å²) in [7, 11) is 0. The van der Waals surface area contributed by atoms with Crippen LogP contribution in [-0.4, -0.2) is 21.4 Å². The van der Waals surface area contributed by atoms with Crippen molar-refractivity contribution in [1.82, 2.24) is 9.38 Å². The molecule has 2 heterocycles. The summed E-state index contributed by atoms with van der Waals surface area (Å²) in [5, 5.41) is 4.73. The summed E-state index contributed by atoms with van der Waals surface area (Å²) in [5.41, 5.74) is 1.88. The predicted molar refractivity (Wildman–Crippen MR) is 125 cm³/mol. The minimum absolute atomic E-state index is 0.104. The van der Waals surface area contributed by atoms with Gasteiger partial charge in [-0.05, 0) is 43.2 Å². The van der Waals surface area contributed by atoms with Crippen molar-refractivity contribution in [3.63, 3.8) is 0 Å². The van der Waals surface area contributed by atoms with Gasteiger partial charge < -0.3 is 14.8 Å². The van der Waals surface area contributed by atoms with Crippen LogP contribution in [0.4, 0.5) is 5.69 Å². The highest BCUT2D eigenvalue weighted by molar-refractivity contribution is 7.15. The topological polar surface area (TPSA) is 81.9 Å². The summed E-state index contributed by atoms with van der Waals surface area (Å²) in [6, 6.07) is 16.2. The van der Waals surface area contributed by atoms with Crippen LogP contribution in [0.3, 0.4) is 0 Å². The Morgan fingerprint density at radius 2 is 2.00 bits per heavy atom. The minimum Gasteiger partial charge on any atom is -0.485 e. The van der Waals surface area contributed by atoms with Crippen molar-refractivity contribution in [2.75, 3.05) is 5.32 Å². The molecule has 0 unspecified atom stereocenters. The van der Waals surface area contributed by atoms with E-state index in [-0.39, 0.29) is 18.1 Å². The highest BCUT2D eigenvalue weighted by Gasteiger charge is 2.20. The first kappa shape index (κ1) is 21.6. The fraction of sp³-hybridized carbons (Fsp3) is 0.208. The van der Waals surface area contributed by atoms with Gasteiger partial charge in [-0.1, -0.05) is 31.2 Å². The number of thiazole rings is 1. The monoisotopic (exact) mass is 449 g/mol. The third-order valence-electron chi connectivity index (χ3n) is 4.81. The Labute approximate surface area is 189 Å². The molecular formula is C24H23N3O4S. The summed E-state index contributed by atoms with van der Waals surface area (Å²) in [6.07, 6.45) is 1.56. The molecule has 2 aromatic heterocycles. The molecule has 1 amide bonds. The van der Waals surface area contributed by atoms with Gasteiger partial charge in [0.15, 0.2) is 11.1 Å². The molecule has 0 aliphatic heterocycles. The Balaban J connectivity index is 1.49. The number of benzene rings is 2. The smallest absolute Gasteiger partial charge is 0.265 e. The Hall–Kier alpha value is -3.65. The van der Waals surface area contributed by atoms with Gasteiger partial charge in [0.1, 0.15) is 18.1 Å². The van der Waals surface area contributed by atoms with Crippen LogP contribution in [0, 0.1) is 6.92 Å². The van der Waals surface area contributed by atoms with Gasteiger partial charge in [-0.25, -0.2) is 4.98 Å². The number of ether oxygens (including phenoxy) is 2. The molecule has 0 radical (unpaired) electrons. The second kappa shape index (κ2) is 9.65. The zero-order chi connectivity index (χ0) is 22.5. The van der Waals surface area contributed by atoms with Crippen molar-refractivity contribution in [3.05, 3.63) is 87.8 Å². The number of para-hydroxylation sites is 1. The lowest BCUT2D eigenvalue weighted by atomic mass is 10.2. The standard InChI is InChI=1S/C24H23N3O4S/c1-3-20(31-18-7-5-4-6-8-18)23(29)26-19-13-16(2)9-10-21(19)30-15-17-14-22(28)27-11-12-32-24(27)25-17/h4-14,20H,3,15H2,1-2H3,(H,26,29)/t20-/m1/s1. The van der Waals surface area contributed by atoms with Gasteiger partial charge in [-0.3, -0.25) is 14.0 Å². The Morgan fingerprint density at radius 1 is 1.19 bits per heavy atom. The molecule has 164 valence electrons. The zero-order valence-corrected chi connectivity index (χ0v) is 18.6. The quantitative estimate of drug-likeness (QED) is 0.430. The van der Waals surface area contributed by atoms with E-state index >= 15 is 0 Å². The average Bonchev–Trinajstić information content (AvgIpc) is 3.27. The molecule has 8 heteroatoms. The van der Waals surface area contributed by atoms with E-state index in [1.165, 1.54) is 21.8 Å². The Morgan fingerprint density at radius 3 is 2.78 bits per heavy atom. The summed E-state index contributed by atoms with van der Waals surface area (Å²) >= 11 is 1.38. The van der Waals surface area contributed by atoms with Crippen LogP contribution in [0.15, 0.2) is 71.0 Å². The molecule has 0 fully saturated rings. The van der Waals surface area contributed by atoms with Crippen LogP contribution in [0.5, 0.6) is 11.5 Å². The fourth-order valence-corrected chi connectivity index (χ4v) is 3.92. The zero-order valence-electron chi connectivity index (χ0n) is 17.8. The molecule has 0 bridgehead atoms. The van der Waals surface area contributed by atoms with Crippen LogP contribution in [-0.2, 0) is 11.4 Å². The van der Waals surface area contributed by atoms with Crippen molar-refractivity contribution < 1.29 is 14.3 Å². The lowest BCUT2D eigenvalue weighted by molar-refractivity contribution is -0.122. The summed E-state index contributed by atoms with van der Waals surface area (Å²) in [5.74, 6) is 0.867. The fourth-order valence-electron chi connectivity index (χ4n) is 3.18. The molecule has 4 aromatic rings. The number of carbonyl (C=O) groups is 1. The maximum atomic E-state index is 12.9. The van der Waals surface area contributed by atoms with E-state index in [9.17, 15) is 9.59 Å². The molecule has 0 aliphatic rings. The molecule has 0 saturated carbocycles. The first-order valence-electron chi connectivity index (χ1n) is 10.3. The van der Waals surface area contributed by atoms with E-state index in [2.05, 4.69) is 10.3 Å². The maximum absolute atomic E-state index is 12.9. The van der Waals surface area contributed by atoms with Gasteiger partial charge in [-0.15, -0.1) is 11.3 Å². The molecule has 32 heavy (non-hydrogen) atoms. The van der Waals surface area contributed by atoms with Crippen molar-refractivity contribution >= 4 is 27.9 Å². The van der Waals surface area contributed by atoms with Gasteiger partial charge in [0.05, 0.1) is 11.4 Å². The molecule has 2 aromatic carbocycles. The van der Waals surface area contributed by atoms with Crippen molar-refractivity contribution in [1.29, 1.82) is 0 Å². The SMILES string of the molecule is CC[C@@H](Oc1ccccc1)C(=O)Nc1cc(C)ccc1OCc1cc(=O)n2ccsc2n1. The number of nitrogens with one attached hydrogen (secondary N) is 1. The van der Waals surface area contributed by atoms with E-state index in [0.717, 1.165) is 5.56 Å². The third-order valence-corrected chi connectivity index (χ3v) is 5.57. The van der Waals surface area contributed by atoms with Crippen LogP contribution in [0.1, 0.15) is 24.6 Å². The van der Waals surface area contributed by atoms with Gasteiger partial charge in [0, 0.05) is 17.6 Å². The van der Waals surface area contributed by atoms with Crippen molar-refractivity contribution in [2.24, 2.45) is 0 Å². The number of amides is 1. The molecular weight excluding hydrogens is 426 g/mol. The molecule has 0 saturated heterocycles. The number of rotatable bonds is 8. The summed E-state index contributed by atoms with van der Waals surface area (Å²) in [6.45, 7) is 3.93. The average molecular weight is 450 g/mol. The number of hydrogen-bond donors (Lipinski definition) is 1. The lowest BCUT2D eigenvalue weighted by Crippen LogP contribution is -2.32. The predicted octanol–water partition coefficient (Wildman–Crippen LogP) is 4.44. The van der Waals surface area contributed by atoms with Crippen LogP contribution >= 0.6 is 11.3 Å². The molecule has 1 atom stereocenters. The van der Waals surface area contributed by atoms with Crippen molar-refractivity contribution in [2.45, 2.75) is 33.0 Å². The number of aromatic nitrogens is 2. The number of nitrogens with zero attached hydrogens (tertiary/aromatic N) is 2. The second-order valence-corrected chi connectivity index (χ2v) is 8.12. The Bertz CT molecular complexity index is 1280. The number of aryl methyl sites for hydroxylation is 1. The highest BCUT2D eigenvalue weighted by Crippen LogP contribution is 2.27. The molecule has 7 nitrogen and oxygen atoms in total. The van der Waals surface area contributed by atoms with Gasteiger partial charge in [-0.2, -0.15) is 0 Å². The molecule has 1 N–H and O–H groups in total.